The number of aryl methyl sites for hydroxylation is 2. The van der Waals surface area contributed by atoms with Gasteiger partial charge in [0.25, 0.3) is 5.91 Å². The quantitative estimate of drug-likeness (QED) is 0.552. The molecule has 7 heteroatoms. The Bertz CT molecular complexity index is 1070. The Hall–Kier alpha value is -1.83. The molecule has 0 radical (unpaired) electrons. The van der Waals surface area contributed by atoms with Crippen molar-refractivity contribution in [2.24, 2.45) is 0 Å². The number of carbonyl (C=O) groups is 1. The van der Waals surface area contributed by atoms with Gasteiger partial charge in [0.05, 0.1) is 30.1 Å². The van der Waals surface area contributed by atoms with Gasteiger partial charge in [0, 0.05) is 18.0 Å². The summed E-state index contributed by atoms with van der Waals surface area (Å²) in [6, 6.07) is 4.72. The average Bonchev–Trinajstić information content (AvgIpc) is 3.24. The van der Waals surface area contributed by atoms with Gasteiger partial charge in [-0.25, -0.2) is 4.98 Å². The molecular formula is C27H37N3O3S. The summed E-state index contributed by atoms with van der Waals surface area (Å²) in [5.41, 5.74) is 5.23. The van der Waals surface area contributed by atoms with Crippen molar-refractivity contribution in [3.63, 3.8) is 0 Å². The van der Waals surface area contributed by atoms with Crippen molar-refractivity contribution >= 4 is 17.7 Å². The lowest BCUT2D eigenvalue weighted by Gasteiger charge is -2.41. The monoisotopic (exact) mass is 483 g/mol. The average molecular weight is 484 g/mol. The lowest BCUT2D eigenvalue weighted by molar-refractivity contribution is -0.0373. The zero-order chi connectivity index (χ0) is 23.9. The van der Waals surface area contributed by atoms with E-state index in [2.05, 4.69) is 43.7 Å². The molecule has 1 aromatic heterocycles. The van der Waals surface area contributed by atoms with Gasteiger partial charge in [-0.05, 0) is 81.9 Å². The van der Waals surface area contributed by atoms with Gasteiger partial charge in [-0.15, -0.1) is 11.8 Å². The van der Waals surface area contributed by atoms with Crippen LogP contribution in [0.5, 0.6) is 0 Å². The minimum atomic E-state index is -0.346. The number of nitrogens with zero attached hydrogens (tertiary/aromatic N) is 3. The Kier molecular flexibility index (Phi) is 6.79. The Morgan fingerprint density at radius 2 is 2.09 bits per heavy atom. The lowest BCUT2D eigenvalue weighted by Crippen LogP contribution is -2.55. The molecule has 2 fully saturated rings. The number of thioether (sulfide) groups is 1. The third-order valence-corrected chi connectivity index (χ3v) is 8.25. The van der Waals surface area contributed by atoms with E-state index in [4.69, 9.17) is 14.5 Å². The van der Waals surface area contributed by atoms with Crippen LogP contribution in [0.25, 0.3) is 5.69 Å². The van der Waals surface area contributed by atoms with E-state index in [0.717, 1.165) is 63.1 Å². The van der Waals surface area contributed by atoms with Crippen LogP contribution in [0.2, 0.25) is 0 Å². The first-order valence-corrected chi connectivity index (χ1v) is 14.0. The van der Waals surface area contributed by atoms with Crippen LogP contribution in [-0.4, -0.2) is 58.5 Å². The summed E-state index contributed by atoms with van der Waals surface area (Å²) in [5.74, 6) is 0.932. The number of morpholine rings is 1. The first kappa shape index (κ1) is 23.9. The molecule has 3 aliphatic heterocycles. The van der Waals surface area contributed by atoms with Crippen molar-refractivity contribution in [1.29, 1.82) is 0 Å². The largest absolute Gasteiger partial charge is 0.377 e. The molecule has 2 aromatic rings. The fourth-order valence-electron chi connectivity index (χ4n) is 5.64. The number of aromatic nitrogens is 2. The van der Waals surface area contributed by atoms with Crippen LogP contribution in [-0.2, 0) is 28.7 Å². The van der Waals surface area contributed by atoms with E-state index in [1.54, 1.807) is 0 Å². The van der Waals surface area contributed by atoms with E-state index < -0.39 is 0 Å². The highest BCUT2D eigenvalue weighted by atomic mass is 32.2. The minimum Gasteiger partial charge on any atom is -0.377 e. The van der Waals surface area contributed by atoms with Crippen LogP contribution in [0.15, 0.2) is 17.0 Å². The van der Waals surface area contributed by atoms with Gasteiger partial charge in [0.15, 0.2) is 0 Å². The van der Waals surface area contributed by atoms with E-state index in [1.807, 2.05) is 16.7 Å². The Labute approximate surface area is 207 Å². The van der Waals surface area contributed by atoms with Crippen molar-refractivity contribution in [2.45, 2.75) is 82.3 Å². The summed E-state index contributed by atoms with van der Waals surface area (Å²) in [7, 11) is 0. The molecular weight excluding hydrogens is 446 g/mol. The molecule has 6 nitrogen and oxygen atoms in total. The van der Waals surface area contributed by atoms with Crippen LogP contribution in [0, 0.1) is 0 Å². The number of hydrogen-bond acceptors (Lipinski definition) is 5. The normalized spacial score (nSPS) is 21.8. The maximum atomic E-state index is 13.9. The van der Waals surface area contributed by atoms with Crippen molar-refractivity contribution < 1.29 is 14.3 Å². The summed E-state index contributed by atoms with van der Waals surface area (Å²) in [6.45, 7) is 8.86. The molecule has 1 unspecified atom stereocenters. The predicted molar refractivity (Wildman–Crippen MR) is 135 cm³/mol. The highest BCUT2D eigenvalue weighted by Crippen LogP contribution is 2.38. The van der Waals surface area contributed by atoms with Crippen molar-refractivity contribution in [3.8, 4) is 5.69 Å². The molecule has 184 valence electrons. The van der Waals surface area contributed by atoms with Crippen molar-refractivity contribution in [3.05, 3.63) is 40.5 Å². The second kappa shape index (κ2) is 9.67. The summed E-state index contributed by atoms with van der Waals surface area (Å²) >= 11 is 1.83. The second-order valence-electron chi connectivity index (χ2n) is 10.3. The molecule has 4 heterocycles. The molecule has 0 saturated carbocycles. The van der Waals surface area contributed by atoms with E-state index in [-0.39, 0.29) is 17.6 Å². The van der Waals surface area contributed by atoms with Crippen LogP contribution < -0.4 is 0 Å². The number of amides is 1. The molecule has 0 bridgehead atoms. The number of fused-ring (bicyclic) bond motifs is 3. The van der Waals surface area contributed by atoms with Crippen LogP contribution in [0.4, 0.5) is 0 Å². The highest BCUT2D eigenvalue weighted by Gasteiger charge is 2.39. The molecule has 5 rings (SSSR count). The molecule has 1 atom stereocenters. The van der Waals surface area contributed by atoms with Gasteiger partial charge < -0.3 is 14.4 Å². The SMILES string of the molecule is CCCc1cc2c(cc1SC)CCc1c(C(=O)N3CCOCC3(C)C)nc(C3CCCCO3)n1-2. The Balaban J connectivity index is 1.65. The number of imidazole rings is 1. The standard InChI is InChI=1S/C27H37N3O3S/c1-5-8-19-15-21-18(16-23(19)34-4)10-11-20-24(26(31)29-12-14-32-17-27(29,2)3)28-25(30(20)21)22-9-6-7-13-33-22/h15-16,22H,5-14,17H2,1-4H3. The summed E-state index contributed by atoms with van der Waals surface area (Å²) in [4.78, 5) is 22.3. The van der Waals surface area contributed by atoms with Crippen molar-refractivity contribution in [2.75, 3.05) is 32.6 Å². The molecule has 0 aliphatic carbocycles. The van der Waals surface area contributed by atoms with E-state index in [1.165, 1.54) is 21.7 Å². The fraction of sp³-hybridized carbons (Fsp3) is 0.630. The maximum absolute atomic E-state index is 13.9. The van der Waals surface area contributed by atoms with Gasteiger partial charge in [0.2, 0.25) is 0 Å². The van der Waals surface area contributed by atoms with Crippen LogP contribution in [0.3, 0.4) is 0 Å². The van der Waals surface area contributed by atoms with Gasteiger partial charge in [-0.2, -0.15) is 0 Å². The third kappa shape index (κ3) is 4.20. The Morgan fingerprint density at radius 3 is 2.79 bits per heavy atom. The van der Waals surface area contributed by atoms with Gasteiger partial charge >= 0.3 is 0 Å². The lowest BCUT2D eigenvalue weighted by atomic mass is 9.96. The van der Waals surface area contributed by atoms with E-state index in [9.17, 15) is 4.79 Å². The predicted octanol–water partition coefficient (Wildman–Crippen LogP) is 5.14. The molecule has 34 heavy (non-hydrogen) atoms. The van der Waals surface area contributed by atoms with Crippen molar-refractivity contribution in [1.82, 2.24) is 14.5 Å². The topological polar surface area (TPSA) is 56.6 Å². The summed E-state index contributed by atoms with van der Waals surface area (Å²) in [5, 5.41) is 0. The maximum Gasteiger partial charge on any atom is 0.274 e. The molecule has 0 spiro atoms. The first-order valence-electron chi connectivity index (χ1n) is 12.8. The van der Waals surface area contributed by atoms with E-state index in [0.29, 0.717) is 25.5 Å². The molecule has 1 amide bonds. The zero-order valence-electron chi connectivity index (χ0n) is 21.0. The number of carbonyl (C=O) groups excluding carboxylic acids is 1. The van der Waals surface area contributed by atoms with Crippen LogP contribution >= 0.6 is 11.8 Å². The number of ether oxygens (including phenoxy) is 2. The first-order chi connectivity index (χ1) is 16.4. The highest BCUT2D eigenvalue weighted by molar-refractivity contribution is 7.98. The molecule has 0 N–H and O–H groups in total. The van der Waals surface area contributed by atoms with Crippen LogP contribution in [0.1, 0.15) is 85.7 Å². The molecule has 3 aliphatic rings. The number of hydrogen-bond donors (Lipinski definition) is 0. The van der Waals surface area contributed by atoms with Gasteiger partial charge in [-0.1, -0.05) is 13.3 Å². The van der Waals surface area contributed by atoms with E-state index >= 15 is 0 Å². The third-order valence-electron chi connectivity index (χ3n) is 7.43. The zero-order valence-corrected chi connectivity index (χ0v) is 21.8. The minimum absolute atomic E-state index is 0.0251. The smallest absolute Gasteiger partial charge is 0.274 e. The summed E-state index contributed by atoms with van der Waals surface area (Å²) < 4.78 is 14.2. The second-order valence-corrected chi connectivity index (χ2v) is 11.2. The molecule has 1 aromatic carbocycles. The summed E-state index contributed by atoms with van der Waals surface area (Å²) in [6.07, 6.45) is 9.18. The number of benzene rings is 1. The molecule has 2 saturated heterocycles. The van der Waals surface area contributed by atoms with Gasteiger partial charge in [-0.3, -0.25) is 9.36 Å². The number of rotatable bonds is 5. The Morgan fingerprint density at radius 1 is 1.24 bits per heavy atom. The van der Waals surface area contributed by atoms with Gasteiger partial charge in [0.1, 0.15) is 17.6 Å². The fourth-order valence-corrected chi connectivity index (χ4v) is 6.32.